The van der Waals surface area contributed by atoms with Gasteiger partial charge in [0.2, 0.25) is 0 Å². The first-order valence-electron chi connectivity index (χ1n) is 5.24. The zero-order chi connectivity index (χ0) is 14.0. The number of anilines is 1. The lowest BCUT2D eigenvalue weighted by Crippen LogP contribution is -2.14. The highest BCUT2D eigenvalue weighted by Gasteiger charge is 2.21. The Bertz CT molecular complexity index is 653. The summed E-state index contributed by atoms with van der Waals surface area (Å²) >= 11 is 5.68. The summed E-state index contributed by atoms with van der Waals surface area (Å²) in [5.74, 6) is -0.318. The Hall–Kier alpha value is -2.41. The summed E-state index contributed by atoms with van der Waals surface area (Å²) in [7, 11) is 0. The molecule has 0 bridgehead atoms. The number of aryl methyl sites for hydroxylation is 1. The van der Waals surface area contributed by atoms with Crippen molar-refractivity contribution in [3.05, 3.63) is 50.7 Å². The van der Waals surface area contributed by atoms with Crippen molar-refractivity contribution < 1.29 is 9.72 Å². The molecule has 7 nitrogen and oxygen atoms in total. The van der Waals surface area contributed by atoms with Crippen LogP contribution in [0.3, 0.4) is 0 Å². The molecule has 1 aromatic heterocycles. The van der Waals surface area contributed by atoms with Gasteiger partial charge in [-0.25, -0.2) is 0 Å². The monoisotopic (exact) mass is 280 g/mol. The summed E-state index contributed by atoms with van der Waals surface area (Å²) in [5, 5.41) is 20.0. The van der Waals surface area contributed by atoms with Crippen LogP contribution in [0.25, 0.3) is 0 Å². The zero-order valence-electron chi connectivity index (χ0n) is 9.81. The Morgan fingerprint density at radius 2 is 2.21 bits per heavy atom. The first kappa shape index (κ1) is 13.0. The highest BCUT2D eigenvalue weighted by molar-refractivity contribution is 6.31. The van der Waals surface area contributed by atoms with Gasteiger partial charge in [0.25, 0.3) is 11.6 Å². The van der Waals surface area contributed by atoms with Gasteiger partial charge in [0.15, 0.2) is 5.82 Å². The van der Waals surface area contributed by atoms with Crippen molar-refractivity contribution in [2.24, 2.45) is 0 Å². The summed E-state index contributed by atoms with van der Waals surface area (Å²) in [6.45, 7) is 1.77. The number of nitrogens with zero attached hydrogens (tertiary/aromatic N) is 2. The molecule has 1 heterocycles. The zero-order valence-corrected chi connectivity index (χ0v) is 10.6. The number of rotatable bonds is 3. The van der Waals surface area contributed by atoms with Crippen LogP contribution < -0.4 is 5.32 Å². The number of carbonyl (C=O) groups is 1. The van der Waals surface area contributed by atoms with Gasteiger partial charge in [-0.15, -0.1) is 0 Å². The van der Waals surface area contributed by atoms with Crippen LogP contribution in [-0.2, 0) is 0 Å². The molecule has 0 aliphatic rings. The lowest BCUT2D eigenvalue weighted by atomic mass is 10.1. The van der Waals surface area contributed by atoms with Gasteiger partial charge >= 0.3 is 0 Å². The third-order valence-corrected chi connectivity index (χ3v) is 2.58. The van der Waals surface area contributed by atoms with Crippen LogP contribution in [0.2, 0.25) is 5.02 Å². The fraction of sp³-hybridized carbons (Fsp3) is 0.0909. The molecule has 8 heteroatoms. The van der Waals surface area contributed by atoms with Crippen LogP contribution in [0.4, 0.5) is 11.5 Å². The van der Waals surface area contributed by atoms with Crippen LogP contribution in [0.1, 0.15) is 16.1 Å². The Kier molecular flexibility index (Phi) is 3.48. The number of benzene rings is 1. The van der Waals surface area contributed by atoms with E-state index in [9.17, 15) is 14.9 Å². The van der Waals surface area contributed by atoms with Crippen molar-refractivity contribution >= 4 is 29.0 Å². The molecule has 1 amide bonds. The maximum absolute atomic E-state index is 11.9. The van der Waals surface area contributed by atoms with Gasteiger partial charge < -0.3 is 5.32 Å². The van der Waals surface area contributed by atoms with Crippen molar-refractivity contribution in [2.75, 3.05) is 5.32 Å². The fourth-order valence-corrected chi connectivity index (χ4v) is 1.68. The maximum Gasteiger partial charge on any atom is 0.283 e. The Morgan fingerprint density at radius 3 is 2.79 bits per heavy atom. The fourth-order valence-electron chi connectivity index (χ4n) is 1.51. The Labute approximate surface area is 112 Å². The molecule has 19 heavy (non-hydrogen) atoms. The maximum atomic E-state index is 11.9. The molecule has 0 fully saturated rings. The first-order chi connectivity index (χ1) is 8.97. The molecule has 2 rings (SSSR count). The van der Waals surface area contributed by atoms with Gasteiger partial charge in [0.05, 0.1) is 4.92 Å². The summed E-state index contributed by atoms with van der Waals surface area (Å²) in [6, 6.07) is 5.46. The van der Waals surface area contributed by atoms with Crippen molar-refractivity contribution in [2.45, 2.75) is 6.92 Å². The Balaban J connectivity index is 2.31. The summed E-state index contributed by atoms with van der Waals surface area (Å²) < 4.78 is 0. The van der Waals surface area contributed by atoms with Crippen molar-refractivity contribution in [1.82, 2.24) is 10.2 Å². The number of nitro groups is 1. The molecule has 0 radical (unpaired) electrons. The number of halogens is 1. The minimum atomic E-state index is -0.656. The smallest absolute Gasteiger partial charge is 0.283 e. The largest absolute Gasteiger partial charge is 0.305 e. The van der Waals surface area contributed by atoms with E-state index in [0.717, 1.165) is 11.8 Å². The minimum Gasteiger partial charge on any atom is -0.305 e. The van der Waals surface area contributed by atoms with Crippen LogP contribution in [0.5, 0.6) is 0 Å². The average molecular weight is 281 g/mol. The highest BCUT2D eigenvalue weighted by atomic mass is 35.5. The first-order valence-corrected chi connectivity index (χ1v) is 5.62. The van der Waals surface area contributed by atoms with Crippen molar-refractivity contribution in [3.8, 4) is 0 Å². The van der Waals surface area contributed by atoms with Gasteiger partial charge in [0.1, 0.15) is 5.56 Å². The van der Waals surface area contributed by atoms with E-state index < -0.39 is 10.8 Å². The number of carbonyl (C=O) groups excluding carboxylic acids is 1. The predicted molar refractivity (Wildman–Crippen MR) is 69.4 cm³/mol. The number of hydrogen-bond acceptors (Lipinski definition) is 4. The third kappa shape index (κ3) is 2.89. The minimum absolute atomic E-state index is 0.0740. The van der Waals surface area contributed by atoms with Gasteiger partial charge in [-0.1, -0.05) is 11.6 Å². The van der Waals surface area contributed by atoms with E-state index in [1.54, 1.807) is 13.0 Å². The summed E-state index contributed by atoms with van der Waals surface area (Å²) in [6.07, 6.45) is 0. The topological polar surface area (TPSA) is 101 Å². The van der Waals surface area contributed by atoms with E-state index in [-0.39, 0.29) is 16.3 Å². The normalized spacial score (nSPS) is 10.2. The van der Waals surface area contributed by atoms with E-state index in [2.05, 4.69) is 15.5 Å². The van der Waals surface area contributed by atoms with E-state index in [1.807, 2.05) is 0 Å². The molecule has 0 aliphatic heterocycles. The molecule has 0 unspecified atom stereocenters. The molecule has 1 aromatic carbocycles. The quantitative estimate of drug-likeness (QED) is 0.666. The van der Waals surface area contributed by atoms with Crippen LogP contribution in [0.15, 0.2) is 24.3 Å². The molecule has 0 atom stereocenters. The standard InChI is InChI=1S/C11H9ClN4O3/c1-6-4-10(15-14-6)13-11(17)8-3-2-7(12)5-9(8)16(18)19/h2-5H,1H3,(H2,13,14,15,17). The molecule has 0 spiro atoms. The Morgan fingerprint density at radius 1 is 1.47 bits per heavy atom. The highest BCUT2D eigenvalue weighted by Crippen LogP contribution is 2.24. The molecule has 2 N–H and O–H groups in total. The van der Waals surface area contributed by atoms with Gasteiger partial charge in [-0.3, -0.25) is 20.0 Å². The SMILES string of the molecule is Cc1cc(NC(=O)c2ccc(Cl)cc2[N+](=O)[O-])n[nH]1. The second-order valence-electron chi connectivity index (χ2n) is 3.81. The van der Waals surface area contributed by atoms with Crippen molar-refractivity contribution in [3.63, 3.8) is 0 Å². The number of H-pyrrole nitrogens is 1. The summed E-state index contributed by atoms with van der Waals surface area (Å²) in [5.41, 5.74) is 0.341. The molecule has 2 aromatic rings. The molecular formula is C11H9ClN4O3. The van der Waals surface area contributed by atoms with E-state index in [1.165, 1.54) is 12.1 Å². The number of hydrogen-bond donors (Lipinski definition) is 2. The van der Waals surface area contributed by atoms with Gasteiger partial charge in [0, 0.05) is 22.8 Å². The second-order valence-corrected chi connectivity index (χ2v) is 4.25. The number of nitrogens with one attached hydrogen (secondary N) is 2. The van der Waals surface area contributed by atoms with Gasteiger partial charge in [-0.2, -0.15) is 5.10 Å². The number of aromatic amines is 1. The van der Waals surface area contributed by atoms with E-state index >= 15 is 0 Å². The van der Waals surface area contributed by atoms with Crippen LogP contribution >= 0.6 is 11.6 Å². The second kappa shape index (κ2) is 5.07. The average Bonchev–Trinajstić information content (AvgIpc) is 2.74. The van der Waals surface area contributed by atoms with Crippen LogP contribution in [0, 0.1) is 17.0 Å². The van der Waals surface area contributed by atoms with Crippen LogP contribution in [-0.4, -0.2) is 21.0 Å². The predicted octanol–water partition coefficient (Wildman–Crippen LogP) is 2.53. The molecule has 0 aliphatic carbocycles. The number of amides is 1. The van der Waals surface area contributed by atoms with Crippen molar-refractivity contribution in [1.29, 1.82) is 0 Å². The van der Waals surface area contributed by atoms with E-state index in [4.69, 9.17) is 11.6 Å². The summed E-state index contributed by atoms with van der Waals surface area (Å²) in [4.78, 5) is 22.2. The van der Waals surface area contributed by atoms with E-state index in [0.29, 0.717) is 5.82 Å². The molecule has 0 saturated heterocycles. The lowest BCUT2D eigenvalue weighted by Gasteiger charge is -2.03. The molecule has 0 saturated carbocycles. The molecular weight excluding hydrogens is 272 g/mol. The number of aromatic nitrogens is 2. The molecule has 98 valence electrons. The third-order valence-electron chi connectivity index (χ3n) is 2.35. The van der Waals surface area contributed by atoms with Gasteiger partial charge in [-0.05, 0) is 19.1 Å². The number of nitro benzene ring substituents is 1. The lowest BCUT2D eigenvalue weighted by molar-refractivity contribution is -0.385.